The number of ether oxygens (including phenoxy) is 1. The highest BCUT2D eigenvalue weighted by Crippen LogP contribution is 2.48. The molecule has 182 valence electrons. The van der Waals surface area contributed by atoms with E-state index in [2.05, 4.69) is 25.3 Å². The predicted molar refractivity (Wildman–Crippen MR) is 126 cm³/mol. The summed E-state index contributed by atoms with van der Waals surface area (Å²) >= 11 is 0. The van der Waals surface area contributed by atoms with Gasteiger partial charge in [-0.3, -0.25) is 10.1 Å². The summed E-state index contributed by atoms with van der Waals surface area (Å²) in [5, 5.41) is 5.29. The highest BCUT2D eigenvalue weighted by atomic mass is 32.2. The summed E-state index contributed by atoms with van der Waals surface area (Å²) in [7, 11) is -1.78. The molecule has 1 aromatic carbocycles. The van der Waals surface area contributed by atoms with E-state index in [1.807, 2.05) is 24.3 Å². The van der Waals surface area contributed by atoms with E-state index >= 15 is 0 Å². The molecule has 3 amide bonds. The van der Waals surface area contributed by atoms with Gasteiger partial charge >= 0.3 is 6.03 Å². The number of hydrogen-bond donors (Lipinski definition) is 3. The number of sulfonamides is 1. The number of carbonyl (C=O) groups is 2. The van der Waals surface area contributed by atoms with Gasteiger partial charge in [0.1, 0.15) is 6.04 Å². The summed E-state index contributed by atoms with van der Waals surface area (Å²) in [6.45, 7) is 0.927. The average molecular weight is 489 g/mol. The molecule has 0 bridgehead atoms. The number of piperidine rings is 1. The number of anilines is 2. The molecule has 1 saturated heterocycles. The zero-order valence-electron chi connectivity index (χ0n) is 19.1. The molecule has 3 N–H and O–H groups in total. The lowest BCUT2D eigenvalue weighted by molar-refractivity contribution is -0.121. The maximum Gasteiger partial charge on any atom is 0.321 e. The third-order valence-corrected chi connectivity index (χ3v) is 6.81. The standard InChI is InChI=1S/C22H28N6O5S/c1-33-19-13-23-18(12-24-19)27-21(30)26-17-4-3-11-28(20(17)29)16-7-5-15(6-8-16)22(9-10-22)14-25-34(2,31)32/h5-8,12-13,17,25H,3-4,9-11,14H2,1-2H3,(H2,23,26,27,30)/t17-/m1/s1. The second kappa shape index (κ2) is 9.55. The van der Waals surface area contributed by atoms with Crippen molar-refractivity contribution in [2.75, 3.05) is 36.7 Å². The first kappa shape index (κ1) is 23.9. The van der Waals surface area contributed by atoms with E-state index in [4.69, 9.17) is 4.74 Å². The van der Waals surface area contributed by atoms with Gasteiger partial charge in [-0.05, 0) is 43.4 Å². The van der Waals surface area contributed by atoms with Gasteiger partial charge in [-0.2, -0.15) is 0 Å². The molecule has 0 unspecified atom stereocenters. The Balaban J connectivity index is 1.37. The zero-order chi connectivity index (χ0) is 24.3. The molecule has 1 aliphatic heterocycles. The van der Waals surface area contributed by atoms with Crippen LogP contribution in [0.3, 0.4) is 0 Å². The number of nitrogens with zero attached hydrogens (tertiary/aromatic N) is 3. The monoisotopic (exact) mass is 488 g/mol. The van der Waals surface area contributed by atoms with Crippen molar-refractivity contribution >= 4 is 33.5 Å². The molecule has 0 radical (unpaired) electrons. The topological polar surface area (TPSA) is 143 Å². The van der Waals surface area contributed by atoms with Gasteiger partial charge in [0, 0.05) is 24.2 Å². The zero-order valence-corrected chi connectivity index (χ0v) is 19.9. The fourth-order valence-corrected chi connectivity index (χ4v) is 4.58. The highest BCUT2D eigenvalue weighted by molar-refractivity contribution is 7.88. The normalized spacial score (nSPS) is 19.4. The Morgan fingerprint density at radius 3 is 2.53 bits per heavy atom. The number of benzene rings is 1. The van der Waals surface area contributed by atoms with E-state index in [9.17, 15) is 18.0 Å². The molecule has 2 heterocycles. The summed E-state index contributed by atoms with van der Waals surface area (Å²) in [6.07, 6.45) is 7.01. The Morgan fingerprint density at radius 1 is 1.21 bits per heavy atom. The Labute approximate surface area is 198 Å². The van der Waals surface area contributed by atoms with Gasteiger partial charge in [0.05, 0.1) is 25.8 Å². The number of hydrogen-bond acceptors (Lipinski definition) is 7. The van der Waals surface area contributed by atoms with Crippen LogP contribution >= 0.6 is 0 Å². The van der Waals surface area contributed by atoms with Crippen LogP contribution in [0, 0.1) is 0 Å². The quantitative estimate of drug-likeness (QED) is 0.509. The van der Waals surface area contributed by atoms with E-state index in [0.29, 0.717) is 25.4 Å². The van der Waals surface area contributed by atoms with Crippen molar-refractivity contribution in [3.8, 4) is 5.88 Å². The molecule has 1 aromatic heterocycles. The van der Waals surface area contributed by atoms with Crippen LogP contribution in [0.25, 0.3) is 0 Å². The van der Waals surface area contributed by atoms with E-state index in [1.165, 1.54) is 19.5 Å². The molecule has 1 atom stereocenters. The van der Waals surface area contributed by atoms with Crippen LogP contribution in [0.2, 0.25) is 0 Å². The van der Waals surface area contributed by atoms with Gasteiger partial charge in [0.2, 0.25) is 21.8 Å². The molecule has 1 saturated carbocycles. The molecular weight excluding hydrogens is 460 g/mol. The molecule has 0 spiro atoms. The average Bonchev–Trinajstić information content (AvgIpc) is 3.61. The van der Waals surface area contributed by atoms with E-state index in [-0.39, 0.29) is 17.1 Å². The van der Waals surface area contributed by atoms with E-state index < -0.39 is 22.1 Å². The molecule has 34 heavy (non-hydrogen) atoms. The van der Waals surface area contributed by atoms with Crippen molar-refractivity contribution in [2.45, 2.75) is 37.1 Å². The van der Waals surface area contributed by atoms with Crippen molar-refractivity contribution < 1.29 is 22.7 Å². The van der Waals surface area contributed by atoms with Gasteiger partial charge in [0.15, 0.2) is 5.82 Å². The van der Waals surface area contributed by atoms with Crippen LogP contribution in [-0.4, -0.2) is 62.8 Å². The molecule has 2 aliphatic rings. The first-order valence-corrected chi connectivity index (χ1v) is 12.9. The minimum atomic E-state index is -3.25. The summed E-state index contributed by atoms with van der Waals surface area (Å²) in [5.41, 5.74) is 1.61. The van der Waals surface area contributed by atoms with Crippen molar-refractivity contribution in [2.24, 2.45) is 0 Å². The lowest BCUT2D eigenvalue weighted by atomic mass is 9.95. The second-order valence-corrected chi connectivity index (χ2v) is 10.5. The van der Waals surface area contributed by atoms with E-state index in [1.54, 1.807) is 4.90 Å². The van der Waals surface area contributed by atoms with Crippen LogP contribution in [0.1, 0.15) is 31.2 Å². The minimum absolute atomic E-state index is 0.181. The molecule has 2 fully saturated rings. The molecule has 4 rings (SSSR count). The molecule has 12 heteroatoms. The van der Waals surface area contributed by atoms with Crippen LogP contribution in [-0.2, 0) is 20.2 Å². The molecule has 2 aromatic rings. The number of methoxy groups -OCH3 is 1. The van der Waals surface area contributed by atoms with Crippen molar-refractivity contribution in [1.82, 2.24) is 20.0 Å². The fraction of sp³-hybridized carbons (Fsp3) is 0.455. The number of amides is 3. The van der Waals surface area contributed by atoms with Crippen LogP contribution in [0.15, 0.2) is 36.7 Å². The predicted octanol–water partition coefficient (Wildman–Crippen LogP) is 1.38. The SMILES string of the molecule is COc1cnc(NC(=O)N[C@@H]2CCCN(c3ccc(C4(CNS(C)(=O)=O)CC4)cc3)C2=O)cn1. The largest absolute Gasteiger partial charge is 0.480 e. The summed E-state index contributed by atoms with van der Waals surface area (Å²) < 4.78 is 30.5. The van der Waals surface area contributed by atoms with Crippen molar-refractivity contribution in [1.29, 1.82) is 0 Å². The van der Waals surface area contributed by atoms with Gasteiger partial charge in [0.25, 0.3) is 0 Å². The number of rotatable bonds is 8. The number of urea groups is 1. The van der Waals surface area contributed by atoms with Crippen LogP contribution < -0.4 is 25.0 Å². The molecule has 11 nitrogen and oxygen atoms in total. The van der Waals surface area contributed by atoms with Crippen LogP contribution in [0.5, 0.6) is 5.88 Å². The summed E-state index contributed by atoms with van der Waals surface area (Å²) in [5.74, 6) is 0.387. The highest BCUT2D eigenvalue weighted by Gasteiger charge is 2.44. The Morgan fingerprint density at radius 2 is 1.94 bits per heavy atom. The smallest absolute Gasteiger partial charge is 0.321 e. The van der Waals surface area contributed by atoms with Crippen molar-refractivity contribution in [3.05, 3.63) is 42.2 Å². The number of nitrogens with one attached hydrogen (secondary N) is 3. The van der Waals surface area contributed by atoms with Gasteiger partial charge in [-0.1, -0.05) is 12.1 Å². The van der Waals surface area contributed by atoms with Gasteiger partial charge in [-0.25, -0.2) is 27.9 Å². The van der Waals surface area contributed by atoms with Crippen LogP contribution in [0.4, 0.5) is 16.3 Å². The minimum Gasteiger partial charge on any atom is -0.480 e. The first-order valence-electron chi connectivity index (χ1n) is 11.0. The van der Waals surface area contributed by atoms with E-state index in [0.717, 1.165) is 36.8 Å². The van der Waals surface area contributed by atoms with Gasteiger partial charge in [-0.15, -0.1) is 0 Å². The summed E-state index contributed by atoms with van der Waals surface area (Å²) in [6, 6.07) is 6.46. The lowest BCUT2D eigenvalue weighted by Gasteiger charge is -2.33. The Kier molecular flexibility index (Phi) is 6.71. The Hall–Kier alpha value is -3.25. The maximum absolute atomic E-state index is 13.1. The maximum atomic E-state index is 13.1. The summed E-state index contributed by atoms with van der Waals surface area (Å²) in [4.78, 5) is 35.1. The third kappa shape index (κ3) is 5.62. The first-order chi connectivity index (χ1) is 16.2. The second-order valence-electron chi connectivity index (χ2n) is 8.65. The van der Waals surface area contributed by atoms with Crippen molar-refractivity contribution in [3.63, 3.8) is 0 Å². The lowest BCUT2D eigenvalue weighted by Crippen LogP contribution is -2.53. The Bertz CT molecular complexity index is 1150. The fourth-order valence-electron chi connectivity index (χ4n) is 4.04. The molecular formula is C22H28N6O5S. The molecule has 1 aliphatic carbocycles. The number of carbonyl (C=O) groups excluding carboxylic acids is 2. The number of aromatic nitrogens is 2. The third-order valence-electron chi connectivity index (χ3n) is 6.14. The van der Waals surface area contributed by atoms with Gasteiger partial charge < -0.3 is 15.0 Å².